The van der Waals surface area contributed by atoms with E-state index in [-0.39, 0.29) is 30.1 Å². The van der Waals surface area contributed by atoms with E-state index in [9.17, 15) is 4.79 Å². The lowest BCUT2D eigenvalue weighted by Gasteiger charge is -2.15. The Bertz CT molecular complexity index is 672. The summed E-state index contributed by atoms with van der Waals surface area (Å²) in [5, 5.41) is 9.11. The molecule has 0 saturated heterocycles. The highest BCUT2D eigenvalue weighted by atomic mass is 16.3. The SMILES string of the molecule is Nc1nc2nc[nH]c2c(=O)n1C1C=CC(CO)C1. The fourth-order valence-corrected chi connectivity index (χ4v) is 2.32. The van der Waals surface area contributed by atoms with Crippen molar-refractivity contribution in [2.24, 2.45) is 5.92 Å². The van der Waals surface area contributed by atoms with Crippen molar-refractivity contribution in [1.29, 1.82) is 0 Å². The summed E-state index contributed by atoms with van der Waals surface area (Å²) in [6, 6.07) is -0.158. The van der Waals surface area contributed by atoms with Crippen molar-refractivity contribution in [2.75, 3.05) is 12.3 Å². The van der Waals surface area contributed by atoms with Gasteiger partial charge < -0.3 is 15.8 Å². The number of allylic oxidation sites excluding steroid dienone is 1. The van der Waals surface area contributed by atoms with E-state index < -0.39 is 0 Å². The molecule has 2 aromatic heterocycles. The van der Waals surface area contributed by atoms with Gasteiger partial charge in [0.15, 0.2) is 11.2 Å². The first-order valence-electron chi connectivity index (χ1n) is 5.71. The minimum Gasteiger partial charge on any atom is -0.396 e. The van der Waals surface area contributed by atoms with Crippen LogP contribution in [-0.4, -0.2) is 31.2 Å². The molecule has 0 saturated carbocycles. The van der Waals surface area contributed by atoms with Gasteiger partial charge in [-0.3, -0.25) is 9.36 Å². The maximum absolute atomic E-state index is 12.3. The molecule has 2 aromatic rings. The van der Waals surface area contributed by atoms with Crippen LogP contribution in [0.2, 0.25) is 0 Å². The highest BCUT2D eigenvalue weighted by Crippen LogP contribution is 2.27. The Morgan fingerprint density at radius 3 is 3.11 bits per heavy atom. The van der Waals surface area contributed by atoms with Crippen LogP contribution in [0.4, 0.5) is 5.95 Å². The largest absolute Gasteiger partial charge is 0.396 e. The van der Waals surface area contributed by atoms with Gasteiger partial charge in [-0.05, 0) is 6.42 Å². The fourth-order valence-electron chi connectivity index (χ4n) is 2.32. The van der Waals surface area contributed by atoms with Gasteiger partial charge in [0.25, 0.3) is 5.56 Å². The molecule has 3 rings (SSSR count). The Morgan fingerprint density at radius 1 is 1.56 bits per heavy atom. The fraction of sp³-hybridized carbons (Fsp3) is 0.364. The minimum atomic E-state index is -0.233. The van der Waals surface area contributed by atoms with Crippen LogP contribution in [0.25, 0.3) is 11.2 Å². The molecule has 7 heteroatoms. The summed E-state index contributed by atoms with van der Waals surface area (Å²) in [4.78, 5) is 23.1. The van der Waals surface area contributed by atoms with Crippen LogP contribution in [-0.2, 0) is 0 Å². The zero-order chi connectivity index (χ0) is 12.7. The molecular formula is C11H13N5O2. The Kier molecular flexibility index (Phi) is 2.41. The van der Waals surface area contributed by atoms with Gasteiger partial charge in [-0.15, -0.1) is 0 Å². The van der Waals surface area contributed by atoms with Crippen LogP contribution in [0.5, 0.6) is 0 Å². The Balaban J connectivity index is 2.12. The Morgan fingerprint density at radius 2 is 2.39 bits per heavy atom. The molecule has 0 fully saturated rings. The van der Waals surface area contributed by atoms with Crippen LogP contribution in [0, 0.1) is 5.92 Å². The number of aliphatic hydroxyl groups excluding tert-OH is 1. The first-order chi connectivity index (χ1) is 8.70. The molecule has 94 valence electrons. The molecule has 0 spiro atoms. The molecule has 2 unspecified atom stereocenters. The third kappa shape index (κ3) is 1.52. The van der Waals surface area contributed by atoms with Gasteiger partial charge in [0.1, 0.15) is 0 Å². The standard InChI is InChI=1S/C11H13N5O2/c12-11-15-9-8(13-5-14-9)10(18)16(11)7-2-1-6(3-7)4-17/h1-2,5-7,17H,3-4H2,(H2,12,15)(H,13,14). The number of nitrogen functional groups attached to an aromatic ring is 1. The first-order valence-corrected chi connectivity index (χ1v) is 5.71. The van der Waals surface area contributed by atoms with Crippen molar-refractivity contribution in [3.8, 4) is 0 Å². The number of H-pyrrole nitrogens is 1. The summed E-state index contributed by atoms with van der Waals surface area (Å²) >= 11 is 0. The number of aromatic nitrogens is 4. The molecule has 1 aliphatic carbocycles. The number of rotatable bonds is 2. The van der Waals surface area contributed by atoms with Crippen molar-refractivity contribution in [3.63, 3.8) is 0 Å². The van der Waals surface area contributed by atoms with E-state index in [0.29, 0.717) is 17.6 Å². The van der Waals surface area contributed by atoms with E-state index in [2.05, 4.69) is 15.0 Å². The summed E-state index contributed by atoms with van der Waals surface area (Å²) in [5.41, 5.74) is 6.26. The number of hydrogen-bond acceptors (Lipinski definition) is 5. The topological polar surface area (TPSA) is 110 Å². The van der Waals surface area contributed by atoms with E-state index in [4.69, 9.17) is 10.8 Å². The van der Waals surface area contributed by atoms with Gasteiger partial charge in [-0.2, -0.15) is 4.98 Å². The molecule has 0 radical (unpaired) electrons. The molecule has 0 aliphatic heterocycles. The molecule has 0 amide bonds. The zero-order valence-electron chi connectivity index (χ0n) is 9.58. The molecule has 0 bridgehead atoms. The van der Waals surface area contributed by atoms with Gasteiger partial charge in [0, 0.05) is 12.5 Å². The maximum Gasteiger partial charge on any atom is 0.281 e. The summed E-state index contributed by atoms with van der Waals surface area (Å²) in [7, 11) is 0. The second kappa shape index (κ2) is 3.95. The summed E-state index contributed by atoms with van der Waals surface area (Å²) in [6.07, 6.45) is 5.85. The van der Waals surface area contributed by atoms with E-state index in [0.717, 1.165) is 0 Å². The second-order valence-corrected chi connectivity index (χ2v) is 4.38. The number of aromatic amines is 1. The second-order valence-electron chi connectivity index (χ2n) is 4.38. The summed E-state index contributed by atoms with van der Waals surface area (Å²) in [5.74, 6) is 0.214. The van der Waals surface area contributed by atoms with Crippen molar-refractivity contribution >= 4 is 17.1 Å². The van der Waals surface area contributed by atoms with E-state index in [1.54, 1.807) is 0 Å². The van der Waals surface area contributed by atoms with Crippen molar-refractivity contribution in [2.45, 2.75) is 12.5 Å². The van der Waals surface area contributed by atoms with Crippen LogP contribution in [0.3, 0.4) is 0 Å². The zero-order valence-corrected chi connectivity index (χ0v) is 9.58. The number of nitrogens with one attached hydrogen (secondary N) is 1. The number of nitrogens with two attached hydrogens (primary N) is 1. The lowest BCUT2D eigenvalue weighted by Crippen LogP contribution is -2.27. The van der Waals surface area contributed by atoms with Gasteiger partial charge in [-0.1, -0.05) is 12.2 Å². The Labute approximate surface area is 102 Å². The van der Waals surface area contributed by atoms with E-state index >= 15 is 0 Å². The van der Waals surface area contributed by atoms with Gasteiger partial charge in [0.2, 0.25) is 5.95 Å². The van der Waals surface area contributed by atoms with Crippen LogP contribution >= 0.6 is 0 Å². The third-order valence-corrected chi connectivity index (χ3v) is 3.24. The lowest BCUT2D eigenvalue weighted by molar-refractivity contribution is 0.244. The molecule has 2 atom stereocenters. The third-order valence-electron chi connectivity index (χ3n) is 3.24. The molecule has 4 N–H and O–H groups in total. The predicted octanol–water partition coefficient (Wildman–Crippen LogP) is -0.189. The molecule has 2 heterocycles. The quantitative estimate of drug-likeness (QED) is 0.637. The smallest absolute Gasteiger partial charge is 0.281 e. The van der Waals surface area contributed by atoms with Gasteiger partial charge >= 0.3 is 0 Å². The normalized spacial score (nSPS) is 22.9. The summed E-state index contributed by atoms with van der Waals surface area (Å²) < 4.78 is 1.44. The van der Waals surface area contributed by atoms with Crippen molar-refractivity contribution in [1.82, 2.24) is 19.5 Å². The number of nitrogens with zero attached hydrogens (tertiary/aromatic N) is 3. The van der Waals surface area contributed by atoms with Gasteiger partial charge in [0.05, 0.1) is 12.4 Å². The molecule has 1 aliphatic rings. The number of anilines is 1. The molecule has 0 aromatic carbocycles. The number of hydrogen-bond donors (Lipinski definition) is 3. The number of imidazole rings is 1. The number of aliphatic hydroxyl groups is 1. The van der Waals surface area contributed by atoms with Gasteiger partial charge in [-0.25, -0.2) is 4.98 Å². The first kappa shape index (κ1) is 11.0. The monoisotopic (exact) mass is 247 g/mol. The van der Waals surface area contributed by atoms with E-state index in [1.165, 1.54) is 10.9 Å². The number of fused-ring (bicyclic) bond motifs is 1. The lowest BCUT2D eigenvalue weighted by atomic mass is 10.1. The van der Waals surface area contributed by atoms with Crippen LogP contribution in [0.1, 0.15) is 12.5 Å². The van der Waals surface area contributed by atoms with Crippen LogP contribution < -0.4 is 11.3 Å². The van der Waals surface area contributed by atoms with Crippen molar-refractivity contribution in [3.05, 3.63) is 28.8 Å². The molecular weight excluding hydrogens is 234 g/mol. The average Bonchev–Trinajstić information content (AvgIpc) is 2.97. The minimum absolute atomic E-state index is 0.0683. The maximum atomic E-state index is 12.3. The average molecular weight is 247 g/mol. The van der Waals surface area contributed by atoms with Crippen molar-refractivity contribution < 1.29 is 5.11 Å². The summed E-state index contributed by atoms with van der Waals surface area (Å²) in [6.45, 7) is 0.0708. The molecule has 7 nitrogen and oxygen atoms in total. The molecule has 18 heavy (non-hydrogen) atoms. The predicted molar refractivity (Wildman–Crippen MR) is 65.9 cm³/mol. The van der Waals surface area contributed by atoms with Crippen LogP contribution in [0.15, 0.2) is 23.3 Å². The Hall–Kier alpha value is -2.15. The highest BCUT2D eigenvalue weighted by molar-refractivity contribution is 5.69. The van der Waals surface area contributed by atoms with E-state index in [1.807, 2.05) is 12.2 Å². The highest BCUT2D eigenvalue weighted by Gasteiger charge is 2.23.